The molecule has 3 heterocycles. The molecule has 2 aromatic heterocycles. The van der Waals surface area contributed by atoms with Crippen LogP contribution in [0, 0.1) is 0 Å². The van der Waals surface area contributed by atoms with Gasteiger partial charge in [-0.1, -0.05) is 0 Å². The van der Waals surface area contributed by atoms with Crippen LogP contribution < -0.4 is 25.7 Å². The second-order valence-electron chi connectivity index (χ2n) is 7.78. The zero-order valence-corrected chi connectivity index (χ0v) is 18.9. The molecule has 32 heavy (non-hydrogen) atoms. The molecule has 1 aromatic carbocycles. The molecule has 0 radical (unpaired) electrons. The Hall–Kier alpha value is -3.17. The third-order valence-corrected chi connectivity index (χ3v) is 5.78. The van der Waals surface area contributed by atoms with Crippen molar-refractivity contribution in [2.75, 3.05) is 59.3 Å². The molecule has 0 amide bonds. The monoisotopic (exact) mass is 438 g/mol. The van der Waals surface area contributed by atoms with Gasteiger partial charge in [0.2, 0.25) is 5.95 Å². The van der Waals surface area contributed by atoms with E-state index in [0.717, 1.165) is 50.1 Å². The zero-order chi connectivity index (χ0) is 22.5. The van der Waals surface area contributed by atoms with E-state index in [9.17, 15) is 4.79 Å². The molecular weight excluding hydrogens is 408 g/mol. The molecule has 170 valence electrons. The Morgan fingerprint density at radius 3 is 2.44 bits per heavy atom. The Morgan fingerprint density at radius 2 is 1.78 bits per heavy atom. The summed E-state index contributed by atoms with van der Waals surface area (Å²) < 4.78 is 12.6. The maximum absolute atomic E-state index is 13.6. The summed E-state index contributed by atoms with van der Waals surface area (Å²) in [6.07, 6.45) is 2.61. The van der Waals surface area contributed by atoms with Crippen molar-refractivity contribution in [2.24, 2.45) is 0 Å². The van der Waals surface area contributed by atoms with Gasteiger partial charge in [-0.25, -0.2) is 4.98 Å². The van der Waals surface area contributed by atoms with Gasteiger partial charge in [-0.3, -0.25) is 9.36 Å². The van der Waals surface area contributed by atoms with Crippen LogP contribution in [0.25, 0.3) is 22.2 Å². The minimum atomic E-state index is -0.0890. The zero-order valence-electron chi connectivity index (χ0n) is 18.9. The summed E-state index contributed by atoms with van der Waals surface area (Å²) in [6.45, 7) is 5.60. The smallest absolute Gasteiger partial charge is 0.260 e. The van der Waals surface area contributed by atoms with Crippen molar-refractivity contribution in [1.29, 1.82) is 0 Å². The van der Waals surface area contributed by atoms with Crippen LogP contribution in [0.2, 0.25) is 0 Å². The molecule has 0 saturated carbocycles. The first kappa shape index (κ1) is 22.0. The molecular formula is C23H30N6O3. The van der Waals surface area contributed by atoms with Gasteiger partial charge in [0.1, 0.15) is 17.1 Å². The molecule has 0 atom stereocenters. The predicted octanol–water partition coefficient (Wildman–Crippen LogP) is 1.81. The van der Waals surface area contributed by atoms with Crippen molar-refractivity contribution in [3.8, 4) is 22.6 Å². The maximum Gasteiger partial charge on any atom is 0.260 e. The van der Waals surface area contributed by atoms with Gasteiger partial charge >= 0.3 is 0 Å². The maximum atomic E-state index is 13.6. The van der Waals surface area contributed by atoms with E-state index in [4.69, 9.17) is 9.47 Å². The first-order chi connectivity index (χ1) is 15.6. The Kier molecular flexibility index (Phi) is 6.87. The van der Waals surface area contributed by atoms with Crippen LogP contribution in [0.1, 0.15) is 6.42 Å². The van der Waals surface area contributed by atoms with Crippen LogP contribution in [0.4, 0.5) is 5.95 Å². The van der Waals surface area contributed by atoms with Crippen molar-refractivity contribution in [1.82, 2.24) is 24.8 Å². The quantitative estimate of drug-likeness (QED) is 0.550. The highest BCUT2D eigenvalue weighted by atomic mass is 16.5. The molecule has 9 nitrogen and oxygen atoms in total. The van der Waals surface area contributed by atoms with E-state index in [2.05, 4.69) is 25.5 Å². The van der Waals surface area contributed by atoms with Crippen molar-refractivity contribution >= 4 is 17.0 Å². The third kappa shape index (κ3) is 4.68. The summed E-state index contributed by atoms with van der Waals surface area (Å²) in [7, 11) is 4.96. The second kappa shape index (κ2) is 9.97. The minimum Gasteiger partial charge on any atom is -0.497 e. The summed E-state index contributed by atoms with van der Waals surface area (Å²) in [5, 5.41) is 7.14. The fourth-order valence-corrected chi connectivity index (χ4v) is 4.04. The van der Waals surface area contributed by atoms with Gasteiger partial charge in [-0.2, -0.15) is 4.98 Å². The lowest BCUT2D eigenvalue weighted by molar-refractivity contribution is 0.234. The Labute approximate surface area is 187 Å². The summed E-state index contributed by atoms with van der Waals surface area (Å²) in [4.78, 5) is 25.0. The lowest BCUT2D eigenvalue weighted by atomic mass is 10.0. The SMILES string of the molecule is CNc1ncc2cc(-c3cc(OC)cc(OC)c3)c(=O)n(CCCN3CCNCC3)c2n1. The highest BCUT2D eigenvalue weighted by Crippen LogP contribution is 2.29. The number of fused-ring (bicyclic) bond motifs is 1. The average molecular weight is 439 g/mol. The van der Waals surface area contributed by atoms with Crippen molar-refractivity contribution in [2.45, 2.75) is 13.0 Å². The molecule has 0 spiro atoms. The number of methoxy groups -OCH3 is 2. The summed E-state index contributed by atoms with van der Waals surface area (Å²) in [5.41, 5.74) is 1.85. The first-order valence-electron chi connectivity index (χ1n) is 10.9. The van der Waals surface area contributed by atoms with Gasteiger partial charge in [0.25, 0.3) is 5.56 Å². The van der Waals surface area contributed by atoms with E-state index in [-0.39, 0.29) is 5.56 Å². The second-order valence-corrected chi connectivity index (χ2v) is 7.78. The number of hydrogen-bond acceptors (Lipinski definition) is 8. The number of aryl methyl sites for hydroxylation is 1. The molecule has 0 unspecified atom stereocenters. The Balaban J connectivity index is 1.76. The van der Waals surface area contributed by atoms with Gasteiger partial charge in [-0.15, -0.1) is 0 Å². The number of ether oxygens (including phenoxy) is 2. The number of hydrogen-bond donors (Lipinski definition) is 2. The summed E-state index contributed by atoms with van der Waals surface area (Å²) in [6, 6.07) is 7.33. The molecule has 9 heteroatoms. The van der Waals surface area contributed by atoms with Crippen LogP contribution in [0.15, 0.2) is 35.3 Å². The highest BCUT2D eigenvalue weighted by Gasteiger charge is 2.16. The van der Waals surface area contributed by atoms with Crippen LogP contribution >= 0.6 is 0 Å². The molecule has 3 aromatic rings. The highest BCUT2D eigenvalue weighted by molar-refractivity contribution is 5.82. The van der Waals surface area contributed by atoms with Crippen LogP contribution in [0.3, 0.4) is 0 Å². The Bertz CT molecular complexity index is 1120. The van der Waals surface area contributed by atoms with E-state index in [1.165, 1.54) is 0 Å². The van der Waals surface area contributed by atoms with E-state index in [1.54, 1.807) is 38.1 Å². The molecule has 0 aliphatic carbocycles. The average Bonchev–Trinajstić information content (AvgIpc) is 2.85. The van der Waals surface area contributed by atoms with E-state index in [1.807, 2.05) is 18.2 Å². The number of anilines is 1. The topological polar surface area (TPSA) is 93.5 Å². The van der Waals surface area contributed by atoms with Crippen LogP contribution in [-0.2, 0) is 6.54 Å². The fraction of sp³-hybridized carbons (Fsp3) is 0.435. The lowest BCUT2D eigenvalue weighted by Crippen LogP contribution is -2.44. The van der Waals surface area contributed by atoms with Crippen molar-refractivity contribution in [3.63, 3.8) is 0 Å². The van der Waals surface area contributed by atoms with Gasteiger partial charge in [0.05, 0.1) is 14.2 Å². The largest absolute Gasteiger partial charge is 0.497 e. The fourth-order valence-electron chi connectivity index (χ4n) is 4.04. The molecule has 1 fully saturated rings. The third-order valence-electron chi connectivity index (χ3n) is 5.78. The number of rotatable bonds is 8. The number of nitrogens with one attached hydrogen (secondary N) is 2. The summed E-state index contributed by atoms with van der Waals surface area (Å²) >= 11 is 0. The van der Waals surface area contributed by atoms with Crippen LogP contribution in [-0.4, -0.2) is 73.4 Å². The molecule has 1 saturated heterocycles. The normalized spacial score (nSPS) is 14.5. The molecule has 4 rings (SSSR count). The van der Waals surface area contributed by atoms with Crippen LogP contribution in [0.5, 0.6) is 11.5 Å². The summed E-state index contributed by atoms with van der Waals surface area (Å²) in [5.74, 6) is 1.75. The number of pyridine rings is 1. The molecule has 1 aliphatic heterocycles. The van der Waals surface area contributed by atoms with Gasteiger partial charge in [0.15, 0.2) is 0 Å². The number of benzene rings is 1. The first-order valence-corrected chi connectivity index (χ1v) is 10.9. The van der Waals surface area contributed by atoms with Crippen molar-refractivity contribution in [3.05, 3.63) is 40.8 Å². The number of nitrogens with zero attached hydrogens (tertiary/aromatic N) is 4. The molecule has 2 N–H and O–H groups in total. The van der Waals surface area contributed by atoms with Gasteiger partial charge in [-0.05, 0) is 36.7 Å². The number of piperazine rings is 1. The van der Waals surface area contributed by atoms with Crippen molar-refractivity contribution < 1.29 is 9.47 Å². The van der Waals surface area contributed by atoms with Gasteiger partial charge in [0, 0.05) is 63.0 Å². The predicted molar refractivity (Wildman–Crippen MR) is 126 cm³/mol. The lowest BCUT2D eigenvalue weighted by Gasteiger charge is -2.27. The van der Waals surface area contributed by atoms with Gasteiger partial charge < -0.3 is 25.0 Å². The molecule has 0 bridgehead atoms. The van der Waals surface area contributed by atoms with E-state index in [0.29, 0.717) is 35.2 Å². The van der Waals surface area contributed by atoms with E-state index >= 15 is 0 Å². The molecule has 1 aliphatic rings. The Morgan fingerprint density at radius 1 is 1.06 bits per heavy atom. The minimum absolute atomic E-state index is 0.0890. The standard InChI is InChI=1S/C23H30N6O3/c1-24-23-26-15-17-13-20(16-11-18(31-2)14-19(12-16)32-3)22(30)29(21(17)27-23)8-4-7-28-9-5-25-6-10-28/h11-15,25H,4-10H2,1-3H3,(H,24,26,27). The number of aromatic nitrogens is 3. The van der Waals surface area contributed by atoms with E-state index < -0.39 is 0 Å².